The molecule has 15 heavy (non-hydrogen) atoms. The molecule has 0 atom stereocenters. The van der Waals surface area contributed by atoms with Crippen LogP contribution in [0.4, 0.5) is 0 Å². The number of hydrogen-bond acceptors (Lipinski definition) is 2. The van der Waals surface area contributed by atoms with Crippen LogP contribution in [0.2, 0.25) is 0 Å². The maximum absolute atomic E-state index is 6.13. The number of rotatable bonds is 2. The molecular weight excluding hydrogens is 186 g/mol. The van der Waals surface area contributed by atoms with Gasteiger partial charge in [-0.1, -0.05) is 18.2 Å². The second-order valence-corrected chi connectivity index (χ2v) is 4.73. The van der Waals surface area contributed by atoms with Crippen molar-refractivity contribution in [2.24, 2.45) is 5.73 Å². The molecule has 1 heterocycles. The largest absolute Gasteiger partial charge is 0.461 e. The van der Waals surface area contributed by atoms with Gasteiger partial charge in [0.25, 0.3) is 0 Å². The van der Waals surface area contributed by atoms with Gasteiger partial charge in [0, 0.05) is 10.9 Å². The average Bonchev–Trinajstić information content (AvgIpc) is 2.76. The third kappa shape index (κ3) is 1.55. The lowest BCUT2D eigenvalue weighted by atomic mass is 10.0. The summed E-state index contributed by atoms with van der Waals surface area (Å²) in [4.78, 5) is 0. The highest BCUT2D eigenvalue weighted by Gasteiger charge is 2.38. The van der Waals surface area contributed by atoms with Crippen molar-refractivity contribution >= 4 is 11.0 Å². The van der Waals surface area contributed by atoms with Crippen LogP contribution in [0.1, 0.15) is 24.2 Å². The molecule has 0 amide bonds. The minimum Gasteiger partial charge on any atom is -0.461 e. The van der Waals surface area contributed by atoms with Crippen LogP contribution in [0.25, 0.3) is 11.0 Å². The summed E-state index contributed by atoms with van der Waals surface area (Å²) in [6, 6.07) is 8.37. The van der Waals surface area contributed by atoms with Crippen molar-refractivity contribution in [2.45, 2.75) is 31.7 Å². The summed E-state index contributed by atoms with van der Waals surface area (Å²) in [5, 5.41) is 1.19. The van der Waals surface area contributed by atoms with E-state index >= 15 is 0 Å². The lowest BCUT2D eigenvalue weighted by Crippen LogP contribution is -2.24. The van der Waals surface area contributed by atoms with Gasteiger partial charge in [-0.15, -0.1) is 0 Å². The number of hydrogen-bond donors (Lipinski definition) is 1. The molecule has 1 aliphatic carbocycles. The zero-order valence-electron chi connectivity index (χ0n) is 8.92. The summed E-state index contributed by atoms with van der Waals surface area (Å²) in [6.45, 7) is 1.99. The molecule has 2 heteroatoms. The van der Waals surface area contributed by atoms with Crippen LogP contribution in [-0.2, 0) is 6.42 Å². The Morgan fingerprint density at radius 3 is 2.93 bits per heavy atom. The molecule has 1 fully saturated rings. The van der Waals surface area contributed by atoms with E-state index in [2.05, 4.69) is 24.3 Å². The molecule has 1 saturated carbocycles. The highest BCUT2D eigenvalue weighted by Crippen LogP contribution is 2.37. The fourth-order valence-corrected chi connectivity index (χ4v) is 2.11. The molecule has 0 spiro atoms. The molecule has 1 aromatic carbocycles. The lowest BCUT2D eigenvalue weighted by Gasteiger charge is -2.08. The predicted octanol–water partition coefficient (Wildman–Crippen LogP) is 2.78. The van der Waals surface area contributed by atoms with Gasteiger partial charge in [0.1, 0.15) is 11.3 Å². The van der Waals surface area contributed by atoms with Gasteiger partial charge in [0.15, 0.2) is 0 Å². The summed E-state index contributed by atoms with van der Waals surface area (Å²) in [5.41, 5.74) is 8.46. The van der Waals surface area contributed by atoms with Crippen LogP contribution in [0.5, 0.6) is 0 Å². The normalized spacial score (nSPS) is 18.3. The Balaban J connectivity index is 2.08. The standard InChI is InChI=1S/C13H15NO/c1-9-7-10-3-2-4-11(12(10)15-9)8-13(14)5-6-13/h2-4,7H,5-6,8,14H2,1H3. The maximum atomic E-state index is 6.13. The van der Waals surface area contributed by atoms with Crippen LogP contribution in [0.15, 0.2) is 28.7 Å². The van der Waals surface area contributed by atoms with Gasteiger partial charge in [-0.2, -0.15) is 0 Å². The third-order valence-corrected chi connectivity index (χ3v) is 3.18. The third-order valence-electron chi connectivity index (χ3n) is 3.18. The van der Waals surface area contributed by atoms with Gasteiger partial charge >= 0.3 is 0 Å². The molecule has 3 rings (SSSR count). The van der Waals surface area contributed by atoms with E-state index in [4.69, 9.17) is 10.2 Å². The Hall–Kier alpha value is -1.28. The lowest BCUT2D eigenvalue weighted by molar-refractivity contribution is 0.568. The van der Waals surface area contributed by atoms with Crippen LogP contribution in [0.3, 0.4) is 0 Å². The number of fused-ring (bicyclic) bond motifs is 1. The van der Waals surface area contributed by atoms with Gasteiger partial charge in [-0.3, -0.25) is 0 Å². The monoisotopic (exact) mass is 201 g/mol. The fourth-order valence-electron chi connectivity index (χ4n) is 2.11. The summed E-state index contributed by atoms with van der Waals surface area (Å²) in [6.07, 6.45) is 3.23. The fraction of sp³-hybridized carbons (Fsp3) is 0.385. The highest BCUT2D eigenvalue weighted by atomic mass is 16.3. The van der Waals surface area contributed by atoms with E-state index in [1.54, 1.807) is 0 Å². The van der Waals surface area contributed by atoms with Crippen LogP contribution >= 0.6 is 0 Å². The van der Waals surface area contributed by atoms with Gasteiger partial charge < -0.3 is 10.2 Å². The van der Waals surface area contributed by atoms with Crippen molar-refractivity contribution < 1.29 is 4.42 Å². The van der Waals surface area contributed by atoms with Crippen molar-refractivity contribution in [1.82, 2.24) is 0 Å². The summed E-state index contributed by atoms with van der Waals surface area (Å²) in [7, 11) is 0. The van der Waals surface area contributed by atoms with Crippen molar-refractivity contribution in [3.05, 3.63) is 35.6 Å². The number of furan rings is 1. The van der Waals surface area contributed by atoms with Gasteiger partial charge in [-0.05, 0) is 37.8 Å². The molecule has 2 nitrogen and oxygen atoms in total. The van der Waals surface area contributed by atoms with Gasteiger partial charge in [-0.25, -0.2) is 0 Å². The van der Waals surface area contributed by atoms with E-state index in [1.807, 2.05) is 6.92 Å². The van der Waals surface area contributed by atoms with Crippen molar-refractivity contribution in [3.63, 3.8) is 0 Å². The number of para-hydroxylation sites is 1. The van der Waals surface area contributed by atoms with Crippen molar-refractivity contribution in [1.29, 1.82) is 0 Å². The average molecular weight is 201 g/mol. The zero-order chi connectivity index (χ0) is 10.5. The molecule has 2 aromatic rings. The smallest absolute Gasteiger partial charge is 0.137 e. The van der Waals surface area contributed by atoms with E-state index in [1.165, 1.54) is 10.9 Å². The summed E-state index contributed by atoms with van der Waals surface area (Å²) in [5.74, 6) is 0.972. The Labute approximate surface area is 89.1 Å². The molecule has 0 aliphatic heterocycles. The van der Waals surface area contributed by atoms with E-state index < -0.39 is 0 Å². The van der Waals surface area contributed by atoms with Gasteiger partial charge in [0.2, 0.25) is 0 Å². The van der Waals surface area contributed by atoms with E-state index in [0.717, 1.165) is 30.6 Å². The zero-order valence-corrected chi connectivity index (χ0v) is 8.92. The van der Waals surface area contributed by atoms with Gasteiger partial charge in [0.05, 0.1) is 0 Å². The molecule has 1 aromatic heterocycles. The molecule has 0 bridgehead atoms. The van der Waals surface area contributed by atoms with Crippen molar-refractivity contribution in [2.75, 3.05) is 0 Å². The topological polar surface area (TPSA) is 39.2 Å². The first-order valence-corrected chi connectivity index (χ1v) is 5.43. The number of nitrogens with two attached hydrogens (primary N) is 1. The van der Waals surface area contributed by atoms with E-state index in [0.29, 0.717) is 0 Å². The minimum atomic E-state index is 0.0506. The molecule has 78 valence electrons. The molecule has 0 unspecified atom stereocenters. The molecule has 0 saturated heterocycles. The molecular formula is C13H15NO. The summed E-state index contributed by atoms with van der Waals surface area (Å²) < 4.78 is 5.72. The predicted molar refractivity (Wildman–Crippen MR) is 60.8 cm³/mol. The minimum absolute atomic E-state index is 0.0506. The first-order valence-electron chi connectivity index (χ1n) is 5.43. The Morgan fingerprint density at radius 1 is 1.40 bits per heavy atom. The van der Waals surface area contributed by atoms with Crippen LogP contribution in [-0.4, -0.2) is 5.54 Å². The van der Waals surface area contributed by atoms with Crippen LogP contribution in [0, 0.1) is 6.92 Å². The quantitative estimate of drug-likeness (QED) is 0.811. The molecule has 2 N–H and O–H groups in total. The van der Waals surface area contributed by atoms with Crippen LogP contribution < -0.4 is 5.73 Å². The number of benzene rings is 1. The number of aryl methyl sites for hydroxylation is 1. The summed E-state index contributed by atoms with van der Waals surface area (Å²) >= 11 is 0. The second kappa shape index (κ2) is 2.86. The first kappa shape index (κ1) is 8.98. The highest BCUT2D eigenvalue weighted by molar-refractivity contribution is 5.81. The Morgan fingerprint density at radius 2 is 2.20 bits per heavy atom. The maximum Gasteiger partial charge on any atom is 0.137 e. The van der Waals surface area contributed by atoms with E-state index in [-0.39, 0.29) is 5.54 Å². The van der Waals surface area contributed by atoms with E-state index in [9.17, 15) is 0 Å². The second-order valence-electron chi connectivity index (χ2n) is 4.73. The molecule has 0 radical (unpaired) electrons. The Kier molecular flexibility index (Phi) is 1.71. The molecule has 1 aliphatic rings. The Bertz CT molecular complexity index is 508. The van der Waals surface area contributed by atoms with Crippen molar-refractivity contribution in [3.8, 4) is 0 Å². The SMILES string of the molecule is Cc1cc2cccc(CC3(N)CC3)c2o1. The first-order chi connectivity index (χ1) is 7.16.